The molecule has 5 rings (SSSR count). The lowest BCUT2D eigenvalue weighted by molar-refractivity contribution is -0.109. The summed E-state index contributed by atoms with van der Waals surface area (Å²) in [4.78, 5) is 35.7. The molecule has 1 aromatic carbocycles. The second kappa shape index (κ2) is 18.5. The van der Waals surface area contributed by atoms with Gasteiger partial charge in [0, 0.05) is 49.5 Å². The lowest BCUT2D eigenvalue weighted by atomic mass is 10.0. The molecule has 0 spiro atoms. The van der Waals surface area contributed by atoms with Crippen molar-refractivity contribution in [3.05, 3.63) is 65.7 Å². The van der Waals surface area contributed by atoms with E-state index in [9.17, 15) is 9.59 Å². The summed E-state index contributed by atoms with van der Waals surface area (Å²) in [6, 6.07) is 12.8. The predicted octanol–water partition coefficient (Wildman–Crippen LogP) is 5.64. The van der Waals surface area contributed by atoms with Gasteiger partial charge >= 0.3 is 0 Å². The molecule has 3 aromatic rings. The Bertz CT molecular complexity index is 1230. The van der Waals surface area contributed by atoms with Gasteiger partial charge in [-0.25, -0.2) is 15.0 Å². The number of rotatable bonds is 11. The first-order valence-electron chi connectivity index (χ1n) is 15.4. The lowest BCUT2D eigenvalue weighted by Gasteiger charge is -2.16. The number of carbonyl (C=O) groups excluding carboxylic acids is 2. The molecule has 2 aromatic heterocycles. The van der Waals surface area contributed by atoms with Crippen molar-refractivity contribution in [1.82, 2.24) is 25.6 Å². The van der Waals surface area contributed by atoms with Crippen molar-refractivity contribution < 1.29 is 14.3 Å². The molecule has 10 nitrogen and oxygen atoms in total. The minimum Gasteiger partial charge on any atom is -0.384 e. The van der Waals surface area contributed by atoms with Crippen LogP contribution >= 0.6 is 0 Å². The quantitative estimate of drug-likeness (QED) is 0.166. The molecule has 0 aliphatic heterocycles. The summed E-state index contributed by atoms with van der Waals surface area (Å²) < 4.78 is 4.62. The van der Waals surface area contributed by atoms with Crippen LogP contribution in [0.5, 0.6) is 0 Å². The van der Waals surface area contributed by atoms with Crippen molar-refractivity contribution in [2.24, 2.45) is 0 Å². The van der Waals surface area contributed by atoms with Crippen molar-refractivity contribution >= 4 is 24.0 Å². The number of nitrogens with two attached hydrogens (primary N) is 1. The van der Waals surface area contributed by atoms with Crippen LogP contribution in [0.15, 0.2) is 48.7 Å². The van der Waals surface area contributed by atoms with E-state index in [1.807, 2.05) is 50.2 Å². The SMILES string of the molecule is C1CCCCC1.CCNc1cc(C(C)NC(=O)c2ccc(-c3ccc(N)nc3)cc2)nc(C2CC2)n1.COCCNC=O. The number of hydrogen-bond donors (Lipinski definition) is 4. The maximum Gasteiger partial charge on any atom is 0.251 e. The van der Waals surface area contributed by atoms with E-state index >= 15 is 0 Å². The van der Waals surface area contributed by atoms with Gasteiger partial charge in [-0.3, -0.25) is 9.59 Å². The first-order chi connectivity index (χ1) is 20.9. The number of amides is 2. The van der Waals surface area contributed by atoms with Gasteiger partial charge in [-0.05, 0) is 56.5 Å². The number of methoxy groups -OCH3 is 1. The molecular formula is C33H47N7O3. The van der Waals surface area contributed by atoms with Crippen LogP contribution in [0.25, 0.3) is 11.1 Å². The summed E-state index contributed by atoms with van der Waals surface area (Å²) in [6.45, 7) is 5.95. The highest BCUT2D eigenvalue weighted by Gasteiger charge is 2.28. The van der Waals surface area contributed by atoms with Crippen LogP contribution in [0.1, 0.15) is 99.1 Å². The maximum absolute atomic E-state index is 12.8. The van der Waals surface area contributed by atoms with Gasteiger partial charge in [0.2, 0.25) is 6.41 Å². The van der Waals surface area contributed by atoms with Gasteiger partial charge in [-0.1, -0.05) is 50.7 Å². The maximum atomic E-state index is 12.8. The number of carbonyl (C=O) groups is 2. The van der Waals surface area contributed by atoms with Crippen LogP contribution in [0.2, 0.25) is 0 Å². The van der Waals surface area contributed by atoms with Crippen LogP contribution in [-0.2, 0) is 9.53 Å². The van der Waals surface area contributed by atoms with E-state index in [4.69, 9.17) is 10.7 Å². The molecule has 0 saturated heterocycles. The van der Waals surface area contributed by atoms with Crippen molar-refractivity contribution in [3.63, 3.8) is 0 Å². The number of nitrogens with zero attached hydrogens (tertiary/aromatic N) is 3. The fourth-order valence-corrected chi connectivity index (χ4v) is 4.53. The van der Waals surface area contributed by atoms with Crippen LogP contribution in [0.3, 0.4) is 0 Å². The number of anilines is 2. The second-order valence-corrected chi connectivity index (χ2v) is 10.8. The molecule has 0 radical (unpaired) electrons. The minimum atomic E-state index is -0.226. The highest BCUT2D eigenvalue weighted by atomic mass is 16.5. The topological polar surface area (TPSA) is 144 Å². The fourth-order valence-electron chi connectivity index (χ4n) is 4.53. The van der Waals surface area contributed by atoms with E-state index in [0.717, 1.165) is 47.8 Å². The number of benzene rings is 1. The Morgan fingerprint density at radius 3 is 2.21 bits per heavy atom. The highest BCUT2D eigenvalue weighted by molar-refractivity contribution is 5.94. The Balaban J connectivity index is 0.000000323. The van der Waals surface area contributed by atoms with Gasteiger partial charge in [-0.15, -0.1) is 0 Å². The Kier molecular flexibility index (Phi) is 14.4. The lowest BCUT2D eigenvalue weighted by Crippen LogP contribution is -2.27. The zero-order valence-corrected chi connectivity index (χ0v) is 25.8. The van der Waals surface area contributed by atoms with Gasteiger partial charge in [-0.2, -0.15) is 0 Å². The van der Waals surface area contributed by atoms with Crippen molar-refractivity contribution in [3.8, 4) is 11.1 Å². The summed E-state index contributed by atoms with van der Waals surface area (Å²) in [6.07, 6.45) is 13.6. The molecule has 2 aliphatic rings. The number of nitrogen functional groups attached to an aromatic ring is 1. The first-order valence-corrected chi connectivity index (χ1v) is 15.4. The summed E-state index contributed by atoms with van der Waals surface area (Å²) in [7, 11) is 1.59. The molecule has 2 aliphatic carbocycles. The number of hydrogen-bond acceptors (Lipinski definition) is 8. The summed E-state index contributed by atoms with van der Waals surface area (Å²) in [5.74, 6) is 2.47. The molecule has 5 N–H and O–H groups in total. The molecule has 43 heavy (non-hydrogen) atoms. The predicted molar refractivity (Wildman–Crippen MR) is 172 cm³/mol. The number of aromatic nitrogens is 3. The molecule has 0 bridgehead atoms. The third kappa shape index (κ3) is 12.0. The highest BCUT2D eigenvalue weighted by Crippen LogP contribution is 2.38. The zero-order chi connectivity index (χ0) is 30.9. The van der Waals surface area contributed by atoms with E-state index < -0.39 is 0 Å². The summed E-state index contributed by atoms with van der Waals surface area (Å²) in [5, 5.41) is 8.75. The van der Waals surface area contributed by atoms with Gasteiger partial charge in [0.05, 0.1) is 18.3 Å². The Hall–Kier alpha value is -4.05. The molecule has 1 atom stereocenters. The van der Waals surface area contributed by atoms with Gasteiger partial charge in [0.1, 0.15) is 17.5 Å². The number of ether oxygens (including phenoxy) is 1. The van der Waals surface area contributed by atoms with E-state index in [0.29, 0.717) is 36.9 Å². The second-order valence-electron chi connectivity index (χ2n) is 10.8. The van der Waals surface area contributed by atoms with Crippen molar-refractivity contribution in [2.75, 3.05) is 37.9 Å². The normalized spacial score (nSPS) is 14.6. The monoisotopic (exact) mass is 589 g/mol. The smallest absolute Gasteiger partial charge is 0.251 e. The molecule has 232 valence electrons. The summed E-state index contributed by atoms with van der Waals surface area (Å²) >= 11 is 0. The van der Waals surface area contributed by atoms with Crippen molar-refractivity contribution in [2.45, 2.75) is 77.2 Å². The molecule has 1 unspecified atom stereocenters. The number of pyridine rings is 1. The molecular weight excluding hydrogens is 542 g/mol. The zero-order valence-electron chi connectivity index (χ0n) is 25.8. The molecule has 10 heteroatoms. The van der Waals surface area contributed by atoms with Gasteiger partial charge in [0.25, 0.3) is 5.91 Å². The van der Waals surface area contributed by atoms with Crippen molar-refractivity contribution in [1.29, 1.82) is 0 Å². The van der Waals surface area contributed by atoms with E-state index in [-0.39, 0.29) is 11.9 Å². The Labute approximate surface area is 255 Å². The van der Waals surface area contributed by atoms with E-state index in [2.05, 4.69) is 30.7 Å². The largest absolute Gasteiger partial charge is 0.384 e. The average Bonchev–Trinajstić information content (AvgIpc) is 3.89. The third-order valence-electron chi connectivity index (χ3n) is 7.16. The Morgan fingerprint density at radius 2 is 1.67 bits per heavy atom. The first kappa shape index (κ1) is 33.5. The standard InChI is InChI=1S/C23H26N6O.C6H12.C4H9NO2/c1-3-25-21-12-19(28-22(29-21)16-6-7-16)14(2)27-23(30)17-8-4-15(5-9-17)18-10-11-20(24)26-13-18;1-2-4-6-5-3-1;1-7-3-2-5-4-6/h4-5,8-14,16H,3,6-7H2,1-2H3,(H2,24,26)(H,27,30)(H,25,28,29);1-6H2;4H,2-3H2,1H3,(H,5,6). The molecule has 2 amide bonds. The van der Waals surface area contributed by atoms with E-state index in [1.54, 1.807) is 19.4 Å². The molecule has 2 saturated carbocycles. The molecule has 2 heterocycles. The van der Waals surface area contributed by atoms with Crippen LogP contribution in [-0.4, -0.2) is 54.1 Å². The summed E-state index contributed by atoms with van der Waals surface area (Å²) in [5.41, 5.74) is 8.99. The van der Waals surface area contributed by atoms with Crippen LogP contribution in [0.4, 0.5) is 11.6 Å². The third-order valence-corrected chi connectivity index (χ3v) is 7.16. The van der Waals surface area contributed by atoms with E-state index in [1.165, 1.54) is 38.5 Å². The van der Waals surface area contributed by atoms with Gasteiger partial charge in [0.15, 0.2) is 0 Å². The fraction of sp³-hybridized carbons (Fsp3) is 0.485. The number of nitrogens with one attached hydrogen (secondary N) is 3. The van der Waals surface area contributed by atoms with Gasteiger partial charge < -0.3 is 26.4 Å². The molecule has 2 fully saturated rings. The van der Waals surface area contributed by atoms with Crippen LogP contribution < -0.4 is 21.7 Å². The van der Waals surface area contributed by atoms with Crippen LogP contribution in [0, 0.1) is 0 Å². The average molecular weight is 590 g/mol. The Morgan fingerprint density at radius 1 is 1.02 bits per heavy atom. The minimum absolute atomic E-state index is 0.138.